The topological polar surface area (TPSA) is 79.5 Å². The first-order valence-electron chi connectivity index (χ1n) is 4.54. The predicted octanol–water partition coefficient (Wildman–Crippen LogP) is 0.812. The van der Waals surface area contributed by atoms with Crippen LogP contribution in [0.4, 0.5) is 5.69 Å². The van der Waals surface area contributed by atoms with Crippen LogP contribution in [0.15, 0.2) is 29.4 Å². The lowest BCUT2D eigenvalue weighted by Crippen LogP contribution is -2.23. The fraction of sp³-hybridized carbons (Fsp3) is 0.100. The summed E-state index contributed by atoms with van der Waals surface area (Å²) in [5.74, 6) is -0.115. The highest BCUT2D eigenvalue weighted by atomic mass is 32.1. The highest BCUT2D eigenvalue weighted by molar-refractivity contribution is 7.80. The average Bonchev–Trinajstić information content (AvgIpc) is 2.16. The summed E-state index contributed by atoms with van der Waals surface area (Å²) in [5.41, 5.74) is 9.19. The zero-order valence-electron chi connectivity index (χ0n) is 8.73. The number of nitrogens with two attached hydrogens (primary N) is 1. The number of rotatable bonds is 3. The minimum atomic E-state index is -0.115. The van der Waals surface area contributed by atoms with Crippen molar-refractivity contribution in [1.29, 1.82) is 0 Å². The molecule has 0 saturated heterocycles. The third kappa shape index (κ3) is 4.52. The number of nitrogens with zero attached hydrogens (tertiary/aromatic N) is 1. The second-order valence-corrected chi connectivity index (χ2v) is 3.48. The molecule has 1 aromatic carbocycles. The SMILES string of the molecule is CC(=O)Nc1cccc(/C=N/NC(N)=S)c1. The van der Waals surface area contributed by atoms with Gasteiger partial charge in [-0.1, -0.05) is 12.1 Å². The van der Waals surface area contributed by atoms with E-state index in [0.717, 1.165) is 5.56 Å². The molecular formula is C10H12N4OS. The van der Waals surface area contributed by atoms with Gasteiger partial charge in [-0.3, -0.25) is 10.2 Å². The molecule has 0 spiro atoms. The van der Waals surface area contributed by atoms with Gasteiger partial charge in [0.05, 0.1) is 6.21 Å². The van der Waals surface area contributed by atoms with Crippen LogP contribution in [-0.4, -0.2) is 17.2 Å². The van der Waals surface area contributed by atoms with Gasteiger partial charge in [0.15, 0.2) is 5.11 Å². The summed E-state index contributed by atoms with van der Waals surface area (Å²) < 4.78 is 0. The van der Waals surface area contributed by atoms with Crippen molar-refractivity contribution in [2.45, 2.75) is 6.92 Å². The van der Waals surface area contributed by atoms with Crippen molar-refractivity contribution in [1.82, 2.24) is 5.43 Å². The van der Waals surface area contributed by atoms with Crippen LogP contribution in [0.5, 0.6) is 0 Å². The Balaban J connectivity index is 2.70. The molecule has 6 heteroatoms. The summed E-state index contributed by atoms with van der Waals surface area (Å²) in [6.07, 6.45) is 1.56. The summed E-state index contributed by atoms with van der Waals surface area (Å²) in [7, 11) is 0. The number of nitrogens with one attached hydrogen (secondary N) is 2. The molecule has 16 heavy (non-hydrogen) atoms. The lowest BCUT2D eigenvalue weighted by Gasteiger charge is -2.02. The van der Waals surface area contributed by atoms with Crippen LogP contribution in [0.3, 0.4) is 0 Å². The van der Waals surface area contributed by atoms with Crippen LogP contribution in [0.2, 0.25) is 0 Å². The molecule has 0 bridgehead atoms. The molecule has 0 radical (unpaired) electrons. The van der Waals surface area contributed by atoms with Crippen molar-refractivity contribution >= 4 is 35.1 Å². The Hall–Kier alpha value is -1.95. The lowest BCUT2D eigenvalue weighted by molar-refractivity contribution is -0.114. The first kappa shape index (κ1) is 12.1. The van der Waals surface area contributed by atoms with Crippen molar-refractivity contribution < 1.29 is 4.79 Å². The first-order chi connectivity index (χ1) is 7.58. The van der Waals surface area contributed by atoms with E-state index in [4.69, 9.17) is 5.73 Å². The molecule has 0 unspecified atom stereocenters. The minimum Gasteiger partial charge on any atom is -0.375 e. The maximum absolute atomic E-state index is 10.8. The third-order valence-corrected chi connectivity index (χ3v) is 1.69. The standard InChI is InChI=1S/C10H12N4OS/c1-7(15)13-9-4-2-3-8(5-9)6-12-14-10(11)16/h2-6H,1H3,(H,13,15)(H3,11,14,16)/b12-6+. The van der Waals surface area contributed by atoms with E-state index < -0.39 is 0 Å². The Morgan fingerprint density at radius 1 is 1.56 bits per heavy atom. The number of hydrazone groups is 1. The number of hydrogen-bond donors (Lipinski definition) is 3. The number of hydrogen-bond acceptors (Lipinski definition) is 3. The molecule has 0 saturated carbocycles. The van der Waals surface area contributed by atoms with Gasteiger partial charge in [0.25, 0.3) is 0 Å². The predicted molar refractivity (Wildman–Crippen MR) is 68.3 cm³/mol. The van der Waals surface area contributed by atoms with E-state index in [1.165, 1.54) is 6.92 Å². The van der Waals surface area contributed by atoms with E-state index in [2.05, 4.69) is 28.1 Å². The van der Waals surface area contributed by atoms with Crippen LogP contribution in [0.1, 0.15) is 12.5 Å². The largest absolute Gasteiger partial charge is 0.375 e. The van der Waals surface area contributed by atoms with E-state index >= 15 is 0 Å². The molecule has 84 valence electrons. The molecule has 0 aliphatic rings. The molecule has 5 nitrogen and oxygen atoms in total. The molecule has 0 aromatic heterocycles. The fourth-order valence-corrected chi connectivity index (χ4v) is 1.12. The molecule has 0 heterocycles. The molecule has 1 aromatic rings. The summed E-state index contributed by atoms with van der Waals surface area (Å²) in [6.45, 7) is 1.45. The normalized spacial score (nSPS) is 10.1. The highest BCUT2D eigenvalue weighted by Crippen LogP contribution is 2.08. The van der Waals surface area contributed by atoms with Crippen LogP contribution in [0, 0.1) is 0 Å². The van der Waals surface area contributed by atoms with Crippen molar-refractivity contribution in [2.24, 2.45) is 10.8 Å². The zero-order chi connectivity index (χ0) is 12.0. The molecule has 0 fully saturated rings. The first-order valence-corrected chi connectivity index (χ1v) is 4.95. The van der Waals surface area contributed by atoms with E-state index in [-0.39, 0.29) is 11.0 Å². The molecule has 1 amide bonds. The molecule has 0 aliphatic heterocycles. The Bertz CT molecular complexity index is 431. The van der Waals surface area contributed by atoms with Gasteiger partial charge in [0.2, 0.25) is 5.91 Å². The Labute approximate surface area is 98.7 Å². The highest BCUT2D eigenvalue weighted by Gasteiger charge is 1.95. The Kier molecular flexibility index (Phi) is 4.41. The van der Waals surface area contributed by atoms with Crippen LogP contribution in [-0.2, 0) is 4.79 Å². The van der Waals surface area contributed by atoms with Gasteiger partial charge in [-0.15, -0.1) is 0 Å². The lowest BCUT2D eigenvalue weighted by atomic mass is 10.2. The second kappa shape index (κ2) is 5.82. The van der Waals surface area contributed by atoms with E-state index in [9.17, 15) is 4.79 Å². The molecule has 0 aliphatic carbocycles. The number of anilines is 1. The minimum absolute atomic E-state index is 0.106. The molecule has 4 N–H and O–H groups in total. The van der Waals surface area contributed by atoms with Gasteiger partial charge in [-0.05, 0) is 29.9 Å². The molecule has 1 rings (SSSR count). The van der Waals surface area contributed by atoms with Gasteiger partial charge >= 0.3 is 0 Å². The summed E-state index contributed by atoms with van der Waals surface area (Å²) >= 11 is 4.59. The van der Waals surface area contributed by atoms with Gasteiger partial charge in [0, 0.05) is 12.6 Å². The maximum Gasteiger partial charge on any atom is 0.221 e. The third-order valence-electron chi connectivity index (χ3n) is 1.60. The van der Waals surface area contributed by atoms with Crippen molar-refractivity contribution in [3.8, 4) is 0 Å². The van der Waals surface area contributed by atoms with Gasteiger partial charge in [0.1, 0.15) is 0 Å². The number of carbonyl (C=O) groups is 1. The summed E-state index contributed by atoms with van der Waals surface area (Å²) in [6, 6.07) is 7.23. The van der Waals surface area contributed by atoms with Gasteiger partial charge in [-0.2, -0.15) is 5.10 Å². The van der Waals surface area contributed by atoms with Crippen molar-refractivity contribution in [3.05, 3.63) is 29.8 Å². The zero-order valence-corrected chi connectivity index (χ0v) is 9.54. The smallest absolute Gasteiger partial charge is 0.221 e. The van der Waals surface area contributed by atoms with Crippen molar-refractivity contribution in [2.75, 3.05) is 5.32 Å². The van der Waals surface area contributed by atoms with Crippen molar-refractivity contribution in [3.63, 3.8) is 0 Å². The van der Waals surface area contributed by atoms with Gasteiger partial charge in [-0.25, -0.2) is 0 Å². The number of benzene rings is 1. The van der Waals surface area contributed by atoms with Crippen LogP contribution in [0.25, 0.3) is 0 Å². The molecule has 0 atom stereocenters. The number of amides is 1. The monoisotopic (exact) mass is 236 g/mol. The fourth-order valence-electron chi connectivity index (χ4n) is 1.07. The van der Waals surface area contributed by atoms with Crippen LogP contribution < -0.4 is 16.5 Å². The second-order valence-electron chi connectivity index (χ2n) is 3.04. The van der Waals surface area contributed by atoms with E-state index in [1.807, 2.05) is 12.1 Å². The maximum atomic E-state index is 10.8. The Morgan fingerprint density at radius 3 is 2.94 bits per heavy atom. The summed E-state index contributed by atoms with van der Waals surface area (Å²) in [5, 5.41) is 6.59. The quantitative estimate of drug-likeness (QED) is 0.412. The molecular weight excluding hydrogens is 224 g/mol. The average molecular weight is 236 g/mol. The summed E-state index contributed by atoms with van der Waals surface area (Å²) in [4.78, 5) is 10.8. The Morgan fingerprint density at radius 2 is 2.31 bits per heavy atom. The number of thiocarbonyl (C=S) groups is 1. The number of carbonyl (C=O) groups excluding carboxylic acids is 1. The van der Waals surface area contributed by atoms with E-state index in [1.54, 1.807) is 18.3 Å². The van der Waals surface area contributed by atoms with Gasteiger partial charge < -0.3 is 11.1 Å². The van der Waals surface area contributed by atoms with E-state index in [0.29, 0.717) is 5.69 Å². The van der Waals surface area contributed by atoms with Crippen LogP contribution >= 0.6 is 12.2 Å².